The van der Waals surface area contributed by atoms with Gasteiger partial charge in [-0.2, -0.15) is 4.98 Å². The summed E-state index contributed by atoms with van der Waals surface area (Å²) in [5.41, 5.74) is 6.56. The second kappa shape index (κ2) is 6.69. The van der Waals surface area contributed by atoms with Crippen molar-refractivity contribution in [3.8, 4) is 0 Å². The fourth-order valence-electron chi connectivity index (χ4n) is 4.25. The van der Waals surface area contributed by atoms with E-state index in [1.165, 1.54) is 22.4 Å². The molecule has 0 radical (unpaired) electrons. The number of rotatable bonds is 2. The van der Waals surface area contributed by atoms with Gasteiger partial charge in [-0.05, 0) is 48.9 Å². The molecule has 0 fully saturated rings. The molecule has 1 aromatic heterocycles. The number of aromatic nitrogens is 2. The van der Waals surface area contributed by atoms with Crippen molar-refractivity contribution in [2.24, 2.45) is 0 Å². The fraction of sp³-hybridized carbons (Fsp3) is 0.304. The largest absolute Gasteiger partial charge is 0.336 e. The lowest BCUT2D eigenvalue weighted by Crippen LogP contribution is -2.33. The number of hydrogen-bond acceptors (Lipinski definition) is 4. The van der Waals surface area contributed by atoms with Gasteiger partial charge in [-0.15, -0.1) is 0 Å². The third-order valence-corrected chi connectivity index (χ3v) is 5.63. The summed E-state index contributed by atoms with van der Waals surface area (Å²) in [5.74, 6) is 1.87. The van der Waals surface area contributed by atoms with E-state index in [-0.39, 0.29) is 0 Å². The Balaban J connectivity index is 1.50. The zero-order valence-electron chi connectivity index (χ0n) is 15.7. The molecule has 4 heteroatoms. The quantitative estimate of drug-likeness (QED) is 0.680. The van der Waals surface area contributed by atoms with Crippen LogP contribution in [-0.2, 0) is 19.4 Å². The number of benzene rings is 2. The Morgan fingerprint density at radius 3 is 2.48 bits per heavy atom. The van der Waals surface area contributed by atoms with Crippen molar-refractivity contribution in [3.05, 3.63) is 77.0 Å². The molecule has 0 N–H and O–H groups in total. The molecule has 0 saturated carbocycles. The van der Waals surface area contributed by atoms with E-state index in [9.17, 15) is 0 Å². The number of anilines is 3. The summed E-state index contributed by atoms with van der Waals surface area (Å²) in [4.78, 5) is 14.4. The van der Waals surface area contributed by atoms with Crippen LogP contribution < -0.4 is 9.80 Å². The maximum atomic E-state index is 4.99. The molecule has 0 amide bonds. The molecular weight excluding hydrogens is 332 g/mol. The first-order valence-electron chi connectivity index (χ1n) is 9.81. The van der Waals surface area contributed by atoms with Crippen LogP contribution in [0.4, 0.5) is 17.5 Å². The monoisotopic (exact) mass is 356 g/mol. The maximum Gasteiger partial charge on any atom is 0.227 e. The van der Waals surface area contributed by atoms with Gasteiger partial charge >= 0.3 is 0 Å². The molecule has 0 unspecified atom stereocenters. The molecule has 2 aliphatic heterocycles. The first kappa shape index (κ1) is 16.3. The van der Waals surface area contributed by atoms with Gasteiger partial charge in [0.15, 0.2) is 0 Å². The minimum absolute atomic E-state index is 0.850. The molecule has 4 nitrogen and oxygen atoms in total. The second-order valence-corrected chi connectivity index (χ2v) is 7.49. The Morgan fingerprint density at radius 2 is 1.59 bits per heavy atom. The van der Waals surface area contributed by atoms with Crippen LogP contribution in [0.15, 0.2) is 54.6 Å². The Hall–Kier alpha value is -2.88. The molecule has 2 aliphatic rings. The average molecular weight is 356 g/mol. The van der Waals surface area contributed by atoms with Crippen molar-refractivity contribution in [1.29, 1.82) is 0 Å². The molecule has 3 aromatic rings. The Kier molecular flexibility index (Phi) is 4.04. The predicted molar refractivity (Wildman–Crippen MR) is 110 cm³/mol. The lowest BCUT2D eigenvalue weighted by Gasteiger charge is -2.32. The summed E-state index contributed by atoms with van der Waals surface area (Å²) in [6.45, 7) is 4.93. The highest BCUT2D eigenvalue weighted by atomic mass is 15.3. The highest BCUT2D eigenvalue weighted by Gasteiger charge is 2.22. The minimum atomic E-state index is 0.850. The van der Waals surface area contributed by atoms with Gasteiger partial charge < -0.3 is 9.80 Å². The van der Waals surface area contributed by atoms with E-state index < -0.39 is 0 Å². The lowest BCUT2D eigenvalue weighted by atomic mass is 10.0. The summed E-state index contributed by atoms with van der Waals surface area (Å²) in [5, 5.41) is 0. The van der Waals surface area contributed by atoms with Gasteiger partial charge in [0, 0.05) is 37.1 Å². The molecule has 2 aromatic carbocycles. The van der Waals surface area contributed by atoms with Crippen molar-refractivity contribution in [2.75, 3.05) is 22.9 Å². The summed E-state index contributed by atoms with van der Waals surface area (Å²) in [6.07, 6.45) is 3.36. The number of para-hydroxylation sites is 1. The van der Waals surface area contributed by atoms with Crippen LogP contribution in [0.1, 0.15) is 28.8 Å². The molecule has 0 bridgehead atoms. The van der Waals surface area contributed by atoms with Crippen molar-refractivity contribution in [1.82, 2.24) is 9.97 Å². The topological polar surface area (TPSA) is 32.3 Å². The molecule has 0 saturated heterocycles. The zero-order valence-corrected chi connectivity index (χ0v) is 15.7. The molecular formula is C23H24N4. The number of nitrogens with zero attached hydrogens (tertiary/aromatic N) is 4. The standard InChI is InChI=1S/C23H24N4/c1-17-15-22(27-13-6-10-19-8-4-5-11-21(19)27)25-23(24-17)26-14-12-18-7-2-3-9-20(18)16-26/h2-5,7-9,11,15H,6,10,12-14,16H2,1H3. The lowest BCUT2D eigenvalue weighted by molar-refractivity contribution is 0.701. The van der Waals surface area contributed by atoms with E-state index in [2.05, 4.69) is 71.3 Å². The van der Waals surface area contributed by atoms with Crippen LogP contribution in [0.5, 0.6) is 0 Å². The van der Waals surface area contributed by atoms with Crippen molar-refractivity contribution >= 4 is 17.5 Å². The van der Waals surface area contributed by atoms with E-state index in [0.717, 1.165) is 56.4 Å². The smallest absolute Gasteiger partial charge is 0.227 e. The first-order chi connectivity index (χ1) is 13.3. The predicted octanol–water partition coefficient (Wildman–Crippen LogP) is 4.43. The van der Waals surface area contributed by atoms with Gasteiger partial charge in [0.2, 0.25) is 5.95 Å². The Labute approximate surface area is 160 Å². The van der Waals surface area contributed by atoms with E-state index in [1.807, 2.05) is 0 Å². The minimum Gasteiger partial charge on any atom is -0.336 e. The van der Waals surface area contributed by atoms with Gasteiger partial charge in [-0.3, -0.25) is 0 Å². The Morgan fingerprint density at radius 1 is 0.815 bits per heavy atom. The van der Waals surface area contributed by atoms with E-state index in [0.29, 0.717) is 0 Å². The molecule has 0 spiro atoms. The van der Waals surface area contributed by atoms with Gasteiger partial charge in [0.05, 0.1) is 0 Å². The summed E-state index contributed by atoms with van der Waals surface area (Å²) in [7, 11) is 0. The third kappa shape index (κ3) is 3.05. The fourth-order valence-corrected chi connectivity index (χ4v) is 4.25. The van der Waals surface area contributed by atoms with Gasteiger partial charge in [-0.1, -0.05) is 42.5 Å². The molecule has 136 valence electrons. The van der Waals surface area contributed by atoms with Crippen LogP contribution in [0.3, 0.4) is 0 Å². The van der Waals surface area contributed by atoms with E-state index in [4.69, 9.17) is 9.97 Å². The van der Waals surface area contributed by atoms with Crippen molar-refractivity contribution in [3.63, 3.8) is 0 Å². The summed E-state index contributed by atoms with van der Waals surface area (Å²) in [6, 6.07) is 19.5. The van der Waals surface area contributed by atoms with Crippen LogP contribution in [0.2, 0.25) is 0 Å². The number of hydrogen-bond donors (Lipinski definition) is 0. The maximum absolute atomic E-state index is 4.99. The number of fused-ring (bicyclic) bond motifs is 2. The normalized spacial score (nSPS) is 16.0. The second-order valence-electron chi connectivity index (χ2n) is 7.49. The zero-order chi connectivity index (χ0) is 18.2. The SMILES string of the molecule is Cc1cc(N2CCCc3ccccc32)nc(N2CCc3ccccc3C2)n1. The van der Waals surface area contributed by atoms with Crippen LogP contribution >= 0.6 is 0 Å². The summed E-state index contributed by atoms with van der Waals surface area (Å²) >= 11 is 0. The van der Waals surface area contributed by atoms with E-state index in [1.54, 1.807) is 0 Å². The molecule has 5 rings (SSSR count). The van der Waals surface area contributed by atoms with Crippen molar-refractivity contribution in [2.45, 2.75) is 32.7 Å². The highest BCUT2D eigenvalue weighted by molar-refractivity contribution is 5.66. The third-order valence-electron chi connectivity index (χ3n) is 5.63. The van der Waals surface area contributed by atoms with E-state index >= 15 is 0 Å². The molecule has 0 atom stereocenters. The Bertz CT molecular complexity index is 982. The average Bonchev–Trinajstić information content (AvgIpc) is 2.72. The summed E-state index contributed by atoms with van der Waals surface area (Å²) < 4.78 is 0. The number of aryl methyl sites for hydroxylation is 2. The van der Waals surface area contributed by atoms with Crippen LogP contribution in [-0.4, -0.2) is 23.1 Å². The molecule has 0 aliphatic carbocycles. The first-order valence-corrected chi connectivity index (χ1v) is 9.81. The highest BCUT2D eigenvalue weighted by Crippen LogP contribution is 2.33. The van der Waals surface area contributed by atoms with Crippen LogP contribution in [0.25, 0.3) is 0 Å². The van der Waals surface area contributed by atoms with Gasteiger partial charge in [0.1, 0.15) is 5.82 Å². The molecule has 3 heterocycles. The van der Waals surface area contributed by atoms with Gasteiger partial charge in [-0.25, -0.2) is 4.98 Å². The van der Waals surface area contributed by atoms with Crippen LogP contribution in [0, 0.1) is 6.92 Å². The molecule has 27 heavy (non-hydrogen) atoms. The van der Waals surface area contributed by atoms with Crippen molar-refractivity contribution < 1.29 is 0 Å². The van der Waals surface area contributed by atoms with Gasteiger partial charge in [0.25, 0.3) is 0 Å².